The van der Waals surface area contributed by atoms with Crippen LogP contribution in [0.5, 0.6) is 5.75 Å². The molecule has 0 radical (unpaired) electrons. The number of carbonyl (C=O) groups excluding carboxylic acids is 1. The predicted octanol–water partition coefficient (Wildman–Crippen LogP) is 3.12. The molecule has 0 aliphatic rings. The van der Waals surface area contributed by atoms with Crippen molar-refractivity contribution in [2.45, 2.75) is 6.23 Å². The van der Waals surface area contributed by atoms with Gasteiger partial charge in [-0.2, -0.15) is 0 Å². The lowest BCUT2D eigenvalue weighted by atomic mass is 10.1. The van der Waals surface area contributed by atoms with Crippen molar-refractivity contribution >= 4 is 23.5 Å². The average Bonchev–Trinajstić information content (AvgIpc) is 2.59. The fourth-order valence-corrected chi connectivity index (χ4v) is 2.38. The normalized spacial score (nSPS) is 11.6. The van der Waals surface area contributed by atoms with E-state index in [0.717, 1.165) is 0 Å². The first-order chi connectivity index (χ1) is 11.5. The van der Waals surface area contributed by atoms with Gasteiger partial charge in [0.2, 0.25) is 0 Å². The zero-order valence-corrected chi connectivity index (χ0v) is 13.8. The summed E-state index contributed by atoms with van der Waals surface area (Å²) in [5, 5.41) is 11.7. The van der Waals surface area contributed by atoms with Gasteiger partial charge in [-0.15, -0.1) is 0 Å². The number of halogens is 1. The highest BCUT2D eigenvalue weighted by Gasteiger charge is 2.17. The van der Waals surface area contributed by atoms with Crippen LogP contribution >= 0.6 is 11.6 Å². The standard InChI is InChI=1S/C17H16ClNO5/c1-23-12-5-3-4-11(8-12)16(24-2)19-15(20)10-6-7-13(17(21)22)14(18)9-10/h3-9,16H,1-2H3,(H,19,20)(H,21,22). The molecule has 0 saturated heterocycles. The molecule has 1 unspecified atom stereocenters. The molecule has 2 rings (SSSR count). The Bertz CT molecular complexity index is 762. The minimum absolute atomic E-state index is 0.00880. The van der Waals surface area contributed by atoms with Crippen molar-refractivity contribution in [2.24, 2.45) is 0 Å². The van der Waals surface area contributed by atoms with Crippen molar-refractivity contribution in [3.8, 4) is 5.75 Å². The number of methoxy groups -OCH3 is 2. The molecular weight excluding hydrogens is 334 g/mol. The fourth-order valence-electron chi connectivity index (χ4n) is 2.12. The monoisotopic (exact) mass is 349 g/mol. The molecule has 7 heteroatoms. The Morgan fingerprint density at radius 1 is 1.17 bits per heavy atom. The molecule has 0 fully saturated rings. The van der Waals surface area contributed by atoms with E-state index < -0.39 is 18.1 Å². The number of rotatable bonds is 6. The molecule has 1 atom stereocenters. The first kappa shape index (κ1) is 17.8. The van der Waals surface area contributed by atoms with Gasteiger partial charge in [0, 0.05) is 18.2 Å². The van der Waals surface area contributed by atoms with Gasteiger partial charge >= 0.3 is 5.97 Å². The third-order valence-electron chi connectivity index (χ3n) is 3.36. The zero-order valence-electron chi connectivity index (χ0n) is 13.1. The van der Waals surface area contributed by atoms with Crippen molar-refractivity contribution in [3.63, 3.8) is 0 Å². The SMILES string of the molecule is COc1cccc(C(NC(=O)c2ccc(C(=O)O)c(Cl)c2)OC)c1. The molecule has 2 N–H and O–H groups in total. The molecule has 0 heterocycles. The van der Waals surface area contributed by atoms with Gasteiger partial charge in [-0.1, -0.05) is 23.7 Å². The number of carboxylic acids is 1. The van der Waals surface area contributed by atoms with Gasteiger partial charge in [0.1, 0.15) is 5.75 Å². The molecule has 0 aliphatic carbocycles. The molecule has 0 aliphatic heterocycles. The second kappa shape index (κ2) is 7.81. The van der Waals surface area contributed by atoms with Gasteiger partial charge in [0.05, 0.1) is 17.7 Å². The van der Waals surface area contributed by atoms with Gasteiger partial charge in [0.25, 0.3) is 5.91 Å². The van der Waals surface area contributed by atoms with Gasteiger partial charge in [0.15, 0.2) is 6.23 Å². The van der Waals surface area contributed by atoms with E-state index in [0.29, 0.717) is 11.3 Å². The molecule has 0 bridgehead atoms. The van der Waals surface area contributed by atoms with Crippen LogP contribution in [0, 0.1) is 0 Å². The lowest BCUT2D eigenvalue weighted by Crippen LogP contribution is -2.29. The van der Waals surface area contributed by atoms with Crippen LogP contribution < -0.4 is 10.1 Å². The van der Waals surface area contributed by atoms with Crippen molar-refractivity contribution in [2.75, 3.05) is 14.2 Å². The Balaban J connectivity index is 2.20. The van der Waals surface area contributed by atoms with Crippen molar-refractivity contribution in [3.05, 3.63) is 64.2 Å². The molecular formula is C17H16ClNO5. The number of hydrogen-bond acceptors (Lipinski definition) is 4. The smallest absolute Gasteiger partial charge is 0.337 e. The number of benzene rings is 2. The maximum Gasteiger partial charge on any atom is 0.337 e. The van der Waals surface area contributed by atoms with Gasteiger partial charge < -0.3 is 19.9 Å². The van der Waals surface area contributed by atoms with Gasteiger partial charge in [-0.3, -0.25) is 4.79 Å². The molecule has 2 aromatic rings. The maximum atomic E-state index is 12.3. The van der Waals surface area contributed by atoms with Crippen LogP contribution in [0.15, 0.2) is 42.5 Å². The van der Waals surface area contributed by atoms with Gasteiger partial charge in [-0.25, -0.2) is 4.79 Å². The number of carboxylic acid groups (broad SMARTS) is 1. The summed E-state index contributed by atoms with van der Waals surface area (Å²) in [6.45, 7) is 0. The molecule has 0 aromatic heterocycles. The molecule has 2 aromatic carbocycles. The number of nitrogens with one attached hydrogen (secondary N) is 1. The van der Waals surface area contributed by atoms with Crippen LogP contribution in [-0.2, 0) is 4.74 Å². The molecule has 0 spiro atoms. The first-order valence-corrected chi connectivity index (χ1v) is 7.34. The minimum atomic E-state index is -1.15. The number of aromatic carboxylic acids is 1. The lowest BCUT2D eigenvalue weighted by Gasteiger charge is -2.18. The van der Waals surface area contributed by atoms with Gasteiger partial charge in [-0.05, 0) is 30.3 Å². The molecule has 24 heavy (non-hydrogen) atoms. The summed E-state index contributed by atoms with van der Waals surface area (Å²) >= 11 is 5.89. The van der Waals surface area contributed by atoms with Crippen LogP contribution in [0.3, 0.4) is 0 Å². The molecule has 1 amide bonds. The second-order valence-electron chi connectivity index (χ2n) is 4.87. The summed E-state index contributed by atoms with van der Waals surface area (Å²) in [7, 11) is 3.01. The van der Waals surface area contributed by atoms with E-state index in [9.17, 15) is 9.59 Å². The van der Waals surface area contributed by atoms with Crippen LogP contribution in [0.25, 0.3) is 0 Å². The molecule has 0 saturated carbocycles. The van der Waals surface area contributed by atoms with Crippen molar-refractivity contribution in [1.29, 1.82) is 0 Å². The van der Waals surface area contributed by atoms with E-state index in [4.69, 9.17) is 26.2 Å². The second-order valence-corrected chi connectivity index (χ2v) is 5.27. The van der Waals surface area contributed by atoms with Crippen molar-refractivity contribution < 1.29 is 24.2 Å². The first-order valence-electron chi connectivity index (χ1n) is 6.96. The summed E-state index contributed by atoms with van der Waals surface area (Å²) < 4.78 is 10.5. The number of hydrogen-bond donors (Lipinski definition) is 2. The van der Waals surface area contributed by atoms with Crippen LogP contribution in [0.2, 0.25) is 5.02 Å². The Morgan fingerprint density at radius 3 is 2.50 bits per heavy atom. The van der Waals surface area contributed by atoms with Crippen LogP contribution in [0.1, 0.15) is 32.5 Å². The van der Waals surface area contributed by atoms with E-state index in [1.165, 1.54) is 25.3 Å². The highest BCUT2D eigenvalue weighted by atomic mass is 35.5. The minimum Gasteiger partial charge on any atom is -0.497 e. The highest BCUT2D eigenvalue weighted by molar-refractivity contribution is 6.33. The van der Waals surface area contributed by atoms with E-state index in [-0.39, 0.29) is 16.1 Å². The Hall–Kier alpha value is -2.57. The topological polar surface area (TPSA) is 84.9 Å². The summed E-state index contributed by atoms with van der Waals surface area (Å²) in [4.78, 5) is 23.3. The Kier molecular flexibility index (Phi) is 5.78. The summed E-state index contributed by atoms with van der Waals surface area (Å²) in [5.74, 6) is -0.959. The number of amides is 1. The predicted molar refractivity (Wildman–Crippen MR) is 88.6 cm³/mol. The number of carbonyl (C=O) groups is 2. The van der Waals surface area contributed by atoms with E-state index in [1.54, 1.807) is 31.4 Å². The van der Waals surface area contributed by atoms with E-state index >= 15 is 0 Å². The van der Waals surface area contributed by atoms with Crippen LogP contribution in [0.4, 0.5) is 0 Å². The highest BCUT2D eigenvalue weighted by Crippen LogP contribution is 2.21. The molecule has 126 valence electrons. The lowest BCUT2D eigenvalue weighted by molar-refractivity contribution is 0.0573. The quantitative estimate of drug-likeness (QED) is 0.783. The Labute approximate surface area is 144 Å². The zero-order chi connectivity index (χ0) is 17.7. The Morgan fingerprint density at radius 2 is 1.92 bits per heavy atom. The maximum absolute atomic E-state index is 12.3. The third-order valence-corrected chi connectivity index (χ3v) is 3.67. The van der Waals surface area contributed by atoms with E-state index in [1.807, 2.05) is 0 Å². The van der Waals surface area contributed by atoms with E-state index in [2.05, 4.69) is 5.32 Å². The largest absolute Gasteiger partial charge is 0.497 e. The summed E-state index contributed by atoms with van der Waals surface area (Å²) in [6.07, 6.45) is -0.689. The van der Waals surface area contributed by atoms with Crippen LogP contribution in [-0.4, -0.2) is 31.2 Å². The molecule has 6 nitrogen and oxygen atoms in total. The number of ether oxygens (including phenoxy) is 2. The average molecular weight is 350 g/mol. The fraction of sp³-hybridized carbons (Fsp3) is 0.176. The summed E-state index contributed by atoms with van der Waals surface area (Å²) in [6, 6.07) is 11.1. The third kappa shape index (κ3) is 4.04. The van der Waals surface area contributed by atoms with Crippen molar-refractivity contribution in [1.82, 2.24) is 5.32 Å². The summed E-state index contributed by atoms with van der Waals surface area (Å²) in [5.41, 5.74) is 0.873.